The van der Waals surface area contributed by atoms with Crippen LogP contribution < -0.4 is 5.32 Å². The van der Waals surface area contributed by atoms with Crippen molar-refractivity contribution >= 4 is 17.5 Å². The molecule has 0 saturated carbocycles. The normalized spacial score (nSPS) is 19.4. The zero-order valence-electron chi connectivity index (χ0n) is 12.3. The smallest absolute Gasteiger partial charge is 0.220 e. The number of halogens is 1. The molecule has 2 atom stereocenters. The van der Waals surface area contributed by atoms with Gasteiger partial charge < -0.3 is 14.8 Å². The van der Waals surface area contributed by atoms with Gasteiger partial charge in [0.15, 0.2) is 0 Å². The van der Waals surface area contributed by atoms with Crippen LogP contribution in [0, 0.1) is 0 Å². The van der Waals surface area contributed by atoms with Crippen LogP contribution >= 0.6 is 11.6 Å². The summed E-state index contributed by atoms with van der Waals surface area (Å²) in [5.41, 5.74) is 0.962. The molecular weight excluding hydrogens is 290 g/mol. The number of carbonyl (C=O) groups excluding carboxylic acids is 1. The Kier molecular flexibility index (Phi) is 6.49. The summed E-state index contributed by atoms with van der Waals surface area (Å²) in [6.45, 7) is 1.27. The molecule has 1 saturated heterocycles. The van der Waals surface area contributed by atoms with E-state index in [1.165, 1.54) is 0 Å². The summed E-state index contributed by atoms with van der Waals surface area (Å²) >= 11 is 5.97. The first kappa shape index (κ1) is 16.3. The van der Waals surface area contributed by atoms with Crippen molar-refractivity contribution in [2.24, 2.45) is 0 Å². The fourth-order valence-corrected chi connectivity index (χ4v) is 2.70. The molecule has 2 unspecified atom stereocenters. The molecule has 1 N–H and O–H groups in total. The van der Waals surface area contributed by atoms with Gasteiger partial charge in [-0.2, -0.15) is 0 Å². The van der Waals surface area contributed by atoms with Gasteiger partial charge in [0.2, 0.25) is 5.91 Å². The number of methoxy groups -OCH3 is 1. The summed E-state index contributed by atoms with van der Waals surface area (Å²) in [5, 5.41) is 3.58. The summed E-state index contributed by atoms with van der Waals surface area (Å²) in [5.74, 6) is 0.0366. The van der Waals surface area contributed by atoms with E-state index in [-0.39, 0.29) is 18.1 Å². The van der Waals surface area contributed by atoms with Gasteiger partial charge >= 0.3 is 0 Å². The Morgan fingerprint density at radius 1 is 1.57 bits per heavy atom. The molecule has 1 amide bonds. The minimum Gasteiger partial charge on any atom is -0.378 e. The van der Waals surface area contributed by atoms with Gasteiger partial charge in [-0.25, -0.2) is 0 Å². The van der Waals surface area contributed by atoms with E-state index in [4.69, 9.17) is 21.1 Å². The minimum absolute atomic E-state index is 0.0366. The Labute approximate surface area is 130 Å². The van der Waals surface area contributed by atoms with Crippen LogP contribution in [0.5, 0.6) is 0 Å². The van der Waals surface area contributed by atoms with Crippen LogP contribution in [0.1, 0.15) is 37.4 Å². The fraction of sp³-hybridized carbons (Fsp3) is 0.562. The van der Waals surface area contributed by atoms with E-state index in [9.17, 15) is 4.79 Å². The largest absolute Gasteiger partial charge is 0.378 e. The number of amides is 1. The molecule has 1 aliphatic rings. The highest BCUT2D eigenvalue weighted by Gasteiger charge is 2.17. The zero-order chi connectivity index (χ0) is 15.1. The van der Waals surface area contributed by atoms with Gasteiger partial charge in [-0.15, -0.1) is 0 Å². The molecule has 0 aromatic heterocycles. The number of ether oxygens (including phenoxy) is 2. The van der Waals surface area contributed by atoms with Crippen LogP contribution in [-0.2, 0) is 14.3 Å². The van der Waals surface area contributed by atoms with Gasteiger partial charge in [-0.05, 0) is 37.0 Å². The summed E-state index contributed by atoms with van der Waals surface area (Å²) < 4.78 is 10.9. The van der Waals surface area contributed by atoms with Crippen molar-refractivity contribution < 1.29 is 14.3 Å². The average molecular weight is 312 g/mol. The van der Waals surface area contributed by atoms with Crippen molar-refractivity contribution in [2.75, 3.05) is 20.3 Å². The van der Waals surface area contributed by atoms with Gasteiger partial charge in [-0.3, -0.25) is 4.79 Å². The lowest BCUT2D eigenvalue weighted by Crippen LogP contribution is -2.29. The van der Waals surface area contributed by atoms with Gasteiger partial charge in [0, 0.05) is 31.7 Å². The second-order valence-electron chi connectivity index (χ2n) is 5.26. The van der Waals surface area contributed by atoms with Crippen molar-refractivity contribution in [1.29, 1.82) is 0 Å². The molecule has 0 bridgehead atoms. The molecule has 1 aromatic carbocycles. The van der Waals surface area contributed by atoms with E-state index in [0.717, 1.165) is 31.4 Å². The van der Waals surface area contributed by atoms with E-state index in [2.05, 4.69) is 5.32 Å². The van der Waals surface area contributed by atoms with Gasteiger partial charge in [0.05, 0.1) is 12.2 Å². The molecule has 4 nitrogen and oxygen atoms in total. The lowest BCUT2D eigenvalue weighted by atomic mass is 10.1. The average Bonchev–Trinajstić information content (AvgIpc) is 2.99. The predicted octanol–water partition coefficient (Wildman–Crippen LogP) is 3.10. The quantitative estimate of drug-likeness (QED) is 0.841. The van der Waals surface area contributed by atoms with Crippen molar-refractivity contribution in [2.45, 2.75) is 37.9 Å². The molecule has 1 aliphatic heterocycles. The zero-order valence-corrected chi connectivity index (χ0v) is 13.1. The molecular formula is C16H22ClNO3. The monoisotopic (exact) mass is 311 g/mol. The molecule has 1 heterocycles. The third-order valence-corrected chi connectivity index (χ3v) is 3.94. The van der Waals surface area contributed by atoms with Gasteiger partial charge in [0.1, 0.15) is 0 Å². The minimum atomic E-state index is -0.185. The first-order valence-electron chi connectivity index (χ1n) is 7.35. The molecule has 116 valence electrons. The maximum absolute atomic E-state index is 11.9. The summed E-state index contributed by atoms with van der Waals surface area (Å²) in [6.07, 6.45) is 3.53. The molecule has 21 heavy (non-hydrogen) atoms. The van der Waals surface area contributed by atoms with E-state index >= 15 is 0 Å². The molecule has 1 fully saturated rings. The number of nitrogens with one attached hydrogen (secondary N) is 1. The van der Waals surface area contributed by atoms with Crippen molar-refractivity contribution in [1.82, 2.24) is 5.32 Å². The highest BCUT2D eigenvalue weighted by molar-refractivity contribution is 6.30. The van der Waals surface area contributed by atoms with Gasteiger partial charge in [0.25, 0.3) is 0 Å². The molecule has 5 heteroatoms. The van der Waals surface area contributed by atoms with Crippen molar-refractivity contribution in [3.8, 4) is 0 Å². The van der Waals surface area contributed by atoms with Crippen LogP contribution in [0.15, 0.2) is 24.3 Å². The number of benzene rings is 1. The molecule has 0 spiro atoms. The molecule has 0 aliphatic carbocycles. The highest BCUT2D eigenvalue weighted by atomic mass is 35.5. The predicted molar refractivity (Wildman–Crippen MR) is 82.4 cm³/mol. The first-order valence-corrected chi connectivity index (χ1v) is 7.73. The van der Waals surface area contributed by atoms with Gasteiger partial charge in [-0.1, -0.05) is 23.7 Å². The summed E-state index contributed by atoms with van der Waals surface area (Å²) in [4.78, 5) is 11.9. The Bertz CT molecular complexity index is 461. The number of hydrogen-bond donors (Lipinski definition) is 1. The first-order chi connectivity index (χ1) is 10.2. The summed E-state index contributed by atoms with van der Waals surface area (Å²) in [6, 6.07) is 7.49. The molecule has 0 radical (unpaired) electrons. The van der Waals surface area contributed by atoms with Crippen molar-refractivity contribution in [3.63, 3.8) is 0 Å². The van der Waals surface area contributed by atoms with E-state index in [0.29, 0.717) is 18.0 Å². The summed E-state index contributed by atoms with van der Waals surface area (Å²) in [7, 11) is 1.63. The number of carbonyl (C=O) groups is 1. The Hall–Kier alpha value is -1.10. The standard InChI is InChI=1S/C16H22ClNO3/c1-20-15(12-4-2-5-13(17)10-12)11-18-16(19)8-7-14-6-3-9-21-14/h2,4-5,10,14-15H,3,6-9,11H2,1H3,(H,18,19). The number of hydrogen-bond acceptors (Lipinski definition) is 3. The topological polar surface area (TPSA) is 47.6 Å². The fourth-order valence-electron chi connectivity index (χ4n) is 2.50. The van der Waals surface area contributed by atoms with Crippen molar-refractivity contribution in [3.05, 3.63) is 34.9 Å². The third kappa shape index (κ3) is 5.30. The molecule has 2 rings (SSSR count). The highest BCUT2D eigenvalue weighted by Crippen LogP contribution is 2.20. The lowest BCUT2D eigenvalue weighted by Gasteiger charge is -2.17. The van der Waals surface area contributed by atoms with E-state index < -0.39 is 0 Å². The van der Waals surface area contributed by atoms with Crippen LogP contribution in [0.4, 0.5) is 0 Å². The maximum atomic E-state index is 11.9. The Morgan fingerprint density at radius 3 is 3.10 bits per heavy atom. The van der Waals surface area contributed by atoms with E-state index in [1.807, 2.05) is 24.3 Å². The van der Waals surface area contributed by atoms with Crippen LogP contribution in [0.3, 0.4) is 0 Å². The van der Waals surface area contributed by atoms with E-state index in [1.54, 1.807) is 7.11 Å². The number of rotatable bonds is 7. The Morgan fingerprint density at radius 2 is 2.43 bits per heavy atom. The second-order valence-corrected chi connectivity index (χ2v) is 5.69. The Balaban J connectivity index is 1.75. The van der Waals surface area contributed by atoms with Crippen LogP contribution in [0.2, 0.25) is 5.02 Å². The lowest BCUT2D eigenvalue weighted by molar-refractivity contribution is -0.122. The van der Waals surface area contributed by atoms with Crippen LogP contribution in [-0.4, -0.2) is 32.3 Å². The van der Waals surface area contributed by atoms with Crippen LogP contribution in [0.25, 0.3) is 0 Å². The third-order valence-electron chi connectivity index (χ3n) is 3.71. The molecule has 1 aromatic rings. The SMILES string of the molecule is COC(CNC(=O)CCC1CCCO1)c1cccc(Cl)c1. The maximum Gasteiger partial charge on any atom is 0.220 e. The second kappa shape index (κ2) is 8.37.